The van der Waals surface area contributed by atoms with E-state index in [0.717, 1.165) is 0 Å². The fraction of sp³-hybridized carbons (Fsp3) is 0.231. The molecule has 1 unspecified atom stereocenters. The quantitative estimate of drug-likeness (QED) is 0.785. The van der Waals surface area contributed by atoms with Crippen molar-refractivity contribution < 1.29 is 14.7 Å². The monoisotopic (exact) mass is 231 g/mol. The van der Waals surface area contributed by atoms with E-state index in [1.54, 1.807) is 24.3 Å². The minimum absolute atomic E-state index is 0.00685. The average Bonchev–Trinajstić information content (AvgIpc) is 2.37. The summed E-state index contributed by atoms with van der Waals surface area (Å²) in [4.78, 5) is 25.3. The van der Waals surface area contributed by atoms with Crippen LogP contribution in [0, 0.1) is 0 Å². The lowest BCUT2D eigenvalue weighted by molar-refractivity contribution is 0.0587. The first kappa shape index (κ1) is 11.5. The van der Waals surface area contributed by atoms with Crippen LogP contribution in [0.2, 0.25) is 0 Å². The predicted octanol–water partition coefficient (Wildman–Crippen LogP) is 0.872. The normalized spacial score (nSPS) is 16.6. The van der Waals surface area contributed by atoms with Gasteiger partial charge in [-0.1, -0.05) is 24.3 Å². The van der Waals surface area contributed by atoms with Gasteiger partial charge in [0, 0.05) is 5.56 Å². The van der Waals surface area contributed by atoms with Gasteiger partial charge in [0.2, 0.25) is 0 Å². The second-order valence-corrected chi connectivity index (χ2v) is 3.89. The largest absolute Gasteiger partial charge is 0.394 e. The Bertz CT molecular complexity index is 481. The number of carbonyl (C=O) groups excluding carboxylic acids is 2. The van der Waals surface area contributed by atoms with E-state index in [9.17, 15) is 9.59 Å². The van der Waals surface area contributed by atoms with Crippen molar-refractivity contribution in [1.29, 1.82) is 0 Å². The highest BCUT2D eigenvalue weighted by molar-refractivity contribution is 6.13. The minimum Gasteiger partial charge on any atom is -0.394 e. The Kier molecular flexibility index (Phi) is 3.06. The number of aliphatic hydroxyl groups is 1. The molecule has 1 aliphatic rings. The summed E-state index contributed by atoms with van der Waals surface area (Å²) >= 11 is 0. The third-order valence-electron chi connectivity index (χ3n) is 2.89. The number of Topliss-reactive ketones (excluding diaryl/α,β-unsaturated/α-hetero) is 1. The number of benzene rings is 1. The second-order valence-electron chi connectivity index (χ2n) is 3.89. The number of aliphatic hydroxyl groups excluding tert-OH is 1. The highest BCUT2D eigenvalue weighted by atomic mass is 16.3. The fourth-order valence-corrected chi connectivity index (χ4v) is 1.95. The summed E-state index contributed by atoms with van der Waals surface area (Å²) in [5, 5.41) is 9.15. The number of amides is 1. The van der Waals surface area contributed by atoms with Gasteiger partial charge in [-0.3, -0.25) is 9.59 Å². The maximum atomic E-state index is 12.1. The van der Waals surface area contributed by atoms with Crippen LogP contribution in [0.5, 0.6) is 0 Å². The molecule has 1 aromatic rings. The molecular weight excluding hydrogens is 218 g/mol. The molecule has 0 saturated heterocycles. The molecule has 1 aliphatic heterocycles. The Balaban J connectivity index is 2.42. The van der Waals surface area contributed by atoms with Crippen LogP contribution in [0.3, 0.4) is 0 Å². The van der Waals surface area contributed by atoms with Gasteiger partial charge in [-0.15, -0.1) is 6.58 Å². The molecule has 17 heavy (non-hydrogen) atoms. The zero-order valence-electron chi connectivity index (χ0n) is 9.30. The molecule has 1 heterocycles. The molecule has 0 spiro atoms. The molecule has 0 aliphatic carbocycles. The van der Waals surface area contributed by atoms with Crippen molar-refractivity contribution in [3.8, 4) is 0 Å². The Hall–Kier alpha value is -1.94. The summed E-state index contributed by atoms with van der Waals surface area (Å²) in [5.41, 5.74) is 0.846. The van der Waals surface area contributed by atoms with Crippen LogP contribution < -0.4 is 0 Å². The molecule has 1 atom stereocenters. The van der Waals surface area contributed by atoms with Gasteiger partial charge in [-0.2, -0.15) is 0 Å². The van der Waals surface area contributed by atoms with Crippen LogP contribution in [-0.4, -0.2) is 40.9 Å². The van der Waals surface area contributed by atoms with E-state index in [-0.39, 0.29) is 24.8 Å². The lowest BCUT2D eigenvalue weighted by Gasteiger charge is -2.32. The van der Waals surface area contributed by atoms with Crippen molar-refractivity contribution in [1.82, 2.24) is 4.90 Å². The zero-order chi connectivity index (χ0) is 12.4. The maximum absolute atomic E-state index is 12.1. The molecule has 2 rings (SSSR count). The molecule has 0 radical (unpaired) electrons. The van der Waals surface area contributed by atoms with Crippen LogP contribution in [0.25, 0.3) is 0 Å². The van der Waals surface area contributed by atoms with Crippen molar-refractivity contribution in [3.63, 3.8) is 0 Å². The van der Waals surface area contributed by atoms with E-state index < -0.39 is 6.04 Å². The molecular formula is C13H13NO3. The molecule has 0 fully saturated rings. The fourth-order valence-electron chi connectivity index (χ4n) is 1.95. The van der Waals surface area contributed by atoms with Crippen LogP contribution in [-0.2, 0) is 0 Å². The molecule has 88 valence electrons. The maximum Gasteiger partial charge on any atom is 0.255 e. The number of nitrogens with zero attached hydrogens (tertiary/aromatic N) is 1. The third-order valence-corrected chi connectivity index (χ3v) is 2.89. The lowest BCUT2D eigenvalue weighted by atomic mass is 9.97. The number of rotatable bonds is 3. The van der Waals surface area contributed by atoms with E-state index in [1.165, 1.54) is 11.0 Å². The molecule has 4 nitrogen and oxygen atoms in total. The second kappa shape index (κ2) is 4.51. The number of carbonyl (C=O) groups is 2. The molecule has 1 aromatic carbocycles. The van der Waals surface area contributed by atoms with Gasteiger partial charge in [-0.05, 0) is 6.07 Å². The Morgan fingerprint density at radius 1 is 1.35 bits per heavy atom. The van der Waals surface area contributed by atoms with Crippen molar-refractivity contribution in [3.05, 3.63) is 48.0 Å². The zero-order valence-corrected chi connectivity index (χ0v) is 9.30. The van der Waals surface area contributed by atoms with Gasteiger partial charge in [0.1, 0.15) is 0 Å². The molecule has 1 amide bonds. The van der Waals surface area contributed by atoms with E-state index in [1.807, 2.05) is 0 Å². The Labute approximate surface area is 99.2 Å². The van der Waals surface area contributed by atoms with Gasteiger partial charge in [0.25, 0.3) is 5.91 Å². The molecule has 4 heteroatoms. The van der Waals surface area contributed by atoms with Crippen LogP contribution in [0.4, 0.5) is 0 Å². The summed E-state index contributed by atoms with van der Waals surface area (Å²) in [6.07, 6.45) is 1.47. The predicted molar refractivity (Wildman–Crippen MR) is 62.9 cm³/mol. The van der Waals surface area contributed by atoms with Crippen LogP contribution >= 0.6 is 0 Å². The van der Waals surface area contributed by atoms with E-state index in [0.29, 0.717) is 11.1 Å². The van der Waals surface area contributed by atoms with E-state index in [2.05, 4.69) is 6.58 Å². The van der Waals surface area contributed by atoms with Crippen LogP contribution in [0.15, 0.2) is 36.9 Å². The SMILES string of the molecule is C=CC(CO)N1CC(=O)c2ccccc2C1=O. The van der Waals surface area contributed by atoms with E-state index >= 15 is 0 Å². The summed E-state index contributed by atoms with van der Waals surface area (Å²) in [6.45, 7) is 3.32. The summed E-state index contributed by atoms with van der Waals surface area (Å²) in [5.74, 6) is -0.348. The molecule has 0 bridgehead atoms. The highest BCUT2D eigenvalue weighted by Gasteiger charge is 2.32. The minimum atomic E-state index is -0.514. The molecule has 0 saturated carbocycles. The van der Waals surface area contributed by atoms with Gasteiger partial charge < -0.3 is 10.0 Å². The number of hydrogen-bond donors (Lipinski definition) is 1. The van der Waals surface area contributed by atoms with Crippen LogP contribution in [0.1, 0.15) is 20.7 Å². The van der Waals surface area contributed by atoms with Gasteiger partial charge in [0.05, 0.1) is 24.8 Å². The average molecular weight is 231 g/mol. The molecule has 1 N–H and O–H groups in total. The van der Waals surface area contributed by atoms with Gasteiger partial charge in [0.15, 0.2) is 5.78 Å². The topological polar surface area (TPSA) is 57.6 Å². The number of hydrogen-bond acceptors (Lipinski definition) is 3. The van der Waals surface area contributed by atoms with Crippen molar-refractivity contribution in [2.75, 3.05) is 13.2 Å². The van der Waals surface area contributed by atoms with E-state index in [4.69, 9.17) is 5.11 Å². The van der Waals surface area contributed by atoms with Crippen molar-refractivity contribution >= 4 is 11.7 Å². The smallest absolute Gasteiger partial charge is 0.255 e. The first-order chi connectivity index (χ1) is 8.19. The van der Waals surface area contributed by atoms with Gasteiger partial charge >= 0.3 is 0 Å². The van der Waals surface area contributed by atoms with Crippen molar-refractivity contribution in [2.45, 2.75) is 6.04 Å². The Morgan fingerprint density at radius 3 is 2.59 bits per heavy atom. The van der Waals surface area contributed by atoms with Crippen molar-refractivity contribution in [2.24, 2.45) is 0 Å². The first-order valence-electron chi connectivity index (χ1n) is 5.35. The summed E-state index contributed by atoms with van der Waals surface area (Å²) in [6, 6.07) is 6.21. The molecule has 0 aromatic heterocycles. The first-order valence-corrected chi connectivity index (χ1v) is 5.35. The highest BCUT2D eigenvalue weighted by Crippen LogP contribution is 2.20. The summed E-state index contributed by atoms with van der Waals surface area (Å²) in [7, 11) is 0. The Morgan fingerprint density at radius 2 is 2.00 bits per heavy atom. The number of fused-ring (bicyclic) bond motifs is 1. The summed E-state index contributed by atoms with van der Waals surface area (Å²) < 4.78 is 0. The third kappa shape index (κ3) is 1.87. The van der Waals surface area contributed by atoms with Gasteiger partial charge in [-0.25, -0.2) is 0 Å². The number of ketones is 1. The standard InChI is InChI=1S/C13H13NO3/c1-2-9(8-15)14-7-12(16)10-5-3-4-6-11(10)13(14)17/h2-6,9,15H,1,7-8H2. The lowest BCUT2D eigenvalue weighted by Crippen LogP contribution is -2.47.